The normalized spacial score (nSPS) is 27.7. The Morgan fingerprint density at radius 1 is 0.944 bits per heavy atom. The lowest BCUT2D eigenvalue weighted by Gasteiger charge is -2.37. The van der Waals surface area contributed by atoms with E-state index in [0.29, 0.717) is 5.54 Å². The number of thioether (sulfide) groups is 1. The molecular formula is C16H25NS. The first-order valence-electron chi connectivity index (χ1n) is 7.68. The Morgan fingerprint density at radius 2 is 1.67 bits per heavy atom. The van der Waals surface area contributed by atoms with Crippen LogP contribution in [0.25, 0.3) is 0 Å². The molecule has 1 spiro atoms. The summed E-state index contributed by atoms with van der Waals surface area (Å²) in [6.07, 6.45) is 17.3. The Hall–Kier alpha value is -0.240. The van der Waals surface area contributed by atoms with E-state index in [4.69, 9.17) is 4.99 Å². The van der Waals surface area contributed by atoms with Crippen molar-refractivity contribution in [2.75, 3.05) is 6.26 Å². The van der Waals surface area contributed by atoms with Gasteiger partial charge in [0.2, 0.25) is 0 Å². The zero-order chi connectivity index (χ0) is 12.4. The molecule has 3 aliphatic rings. The third-order valence-electron chi connectivity index (χ3n) is 4.95. The van der Waals surface area contributed by atoms with Crippen LogP contribution < -0.4 is 0 Å². The summed E-state index contributed by atoms with van der Waals surface area (Å²) in [6.45, 7) is 0. The third kappa shape index (κ3) is 2.41. The second-order valence-corrected chi connectivity index (χ2v) is 7.02. The van der Waals surface area contributed by atoms with Crippen molar-refractivity contribution in [3.63, 3.8) is 0 Å². The van der Waals surface area contributed by atoms with Crippen LogP contribution in [0.4, 0.5) is 0 Å². The summed E-state index contributed by atoms with van der Waals surface area (Å²) in [7, 11) is 0. The molecule has 2 heteroatoms. The molecule has 0 aromatic heterocycles. The summed E-state index contributed by atoms with van der Waals surface area (Å²) >= 11 is 1.90. The molecule has 0 N–H and O–H groups in total. The average Bonchev–Trinajstić information content (AvgIpc) is 2.63. The van der Waals surface area contributed by atoms with E-state index < -0.39 is 0 Å². The van der Waals surface area contributed by atoms with E-state index in [0.717, 1.165) is 0 Å². The van der Waals surface area contributed by atoms with Crippen molar-refractivity contribution in [1.82, 2.24) is 0 Å². The van der Waals surface area contributed by atoms with Gasteiger partial charge in [-0.15, -0.1) is 11.8 Å². The van der Waals surface area contributed by atoms with Crippen LogP contribution in [-0.2, 0) is 0 Å². The fraction of sp³-hybridized carbons (Fsp3) is 0.812. The molecular weight excluding hydrogens is 238 g/mol. The highest BCUT2D eigenvalue weighted by molar-refractivity contribution is 8.13. The maximum Gasteiger partial charge on any atom is 0.0940 e. The van der Waals surface area contributed by atoms with E-state index in [-0.39, 0.29) is 0 Å². The smallest absolute Gasteiger partial charge is 0.0940 e. The molecule has 18 heavy (non-hydrogen) atoms. The van der Waals surface area contributed by atoms with Crippen molar-refractivity contribution in [3.05, 3.63) is 11.1 Å². The maximum absolute atomic E-state index is 5.26. The molecule has 0 bridgehead atoms. The summed E-state index contributed by atoms with van der Waals surface area (Å²) in [6, 6.07) is 0. The van der Waals surface area contributed by atoms with E-state index in [1.165, 1.54) is 75.7 Å². The topological polar surface area (TPSA) is 12.4 Å². The lowest BCUT2D eigenvalue weighted by Crippen LogP contribution is -2.33. The van der Waals surface area contributed by atoms with E-state index in [1.54, 1.807) is 11.1 Å². The molecule has 0 unspecified atom stereocenters. The molecule has 0 aromatic rings. The molecule has 0 aromatic carbocycles. The van der Waals surface area contributed by atoms with Gasteiger partial charge in [-0.05, 0) is 56.8 Å². The van der Waals surface area contributed by atoms with E-state index in [1.807, 2.05) is 11.8 Å². The van der Waals surface area contributed by atoms with Crippen molar-refractivity contribution in [3.8, 4) is 0 Å². The summed E-state index contributed by atoms with van der Waals surface area (Å²) in [4.78, 5) is 5.26. The number of dihydropyridines is 1. The van der Waals surface area contributed by atoms with Crippen molar-refractivity contribution >= 4 is 16.8 Å². The van der Waals surface area contributed by atoms with E-state index in [9.17, 15) is 0 Å². The standard InChI is InChI=1S/C16H25NS/c1-18-15-14-9-5-4-8-13(14)12-16(17-15)10-6-2-3-7-11-16/h2-12H2,1H3. The van der Waals surface area contributed by atoms with Crippen LogP contribution in [0.15, 0.2) is 16.1 Å². The van der Waals surface area contributed by atoms with Crippen LogP contribution in [0.1, 0.15) is 70.6 Å². The summed E-state index contributed by atoms with van der Waals surface area (Å²) in [5.41, 5.74) is 3.73. The first-order chi connectivity index (χ1) is 8.83. The van der Waals surface area contributed by atoms with Gasteiger partial charge < -0.3 is 0 Å². The highest BCUT2D eigenvalue weighted by Gasteiger charge is 2.36. The number of rotatable bonds is 0. The van der Waals surface area contributed by atoms with Gasteiger partial charge in [0.15, 0.2) is 0 Å². The van der Waals surface area contributed by atoms with Gasteiger partial charge in [0.25, 0.3) is 0 Å². The minimum absolute atomic E-state index is 0.311. The molecule has 100 valence electrons. The predicted molar refractivity (Wildman–Crippen MR) is 81.5 cm³/mol. The Labute approximate surface area is 116 Å². The molecule has 1 fully saturated rings. The fourth-order valence-corrected chi connectivity index (χ4v) is 4.76. The fourth-order valence-electron chi connectivity index (χ4n) is 3.98. The van der Waals surface area contributed by atoms with Crippen molar-refractivity contribution in [2.24, 2.45) is 4.99 Å². The van der Waals surface area contributed by atoms with Crippen LogP contribution in [0.3, 0.4) is 0 Å². The first kappa shape index (κ1) is 12.8. The van der Waals surface area contributed by atoms with Crippen molar-refractivity contribution < 1.29 is 0 Å². The number of hydrogen-bond acceptors (Lipinski definition) is 2. The highest BCUT2D eigenvalue weighted by atomic mass is 32.2. The van der Waals surface area contributed by atoms with Gasteiger partial charge in [-0.25, -0.2) is 0 Å². The first-order valence-corrected chi connectivity index (χ1v) is 8.91. The highest BCUT2D eigenvalue weighted by Crippen LogP contribution is 2.44. The van der Waals surface area contributed by atoms with Crippen LogP contribution in [0.2, 0.25) is 0 Å². The second-order valence-electron chi connectivity index (χ2n) is 6.23. The largest absolute Gasteiger partial charge is 0.271 e. The summed E-state index contributed by atoms with van der Waals surface area (Å²) < 4.78 is 0. The van der Waals surface area contributed by atoms with Crippen LogP contribution in [0, 0.1) is 0 Å². The molecule has 0 amide bonds. The van der Waals surface area contributed by atoms with Gasteiger partial charge in [-0.1, -0.05) is 31.3 Å². The lowest BCUT2D eigenvalue weighted by atomic mass is 9.77. The van der Waals surface area contributed by atoms with Gasteiger partial charge in [0.05, 0.1) is 10.6 Å². The molecule has 0 atom stereocenters. The van der Waals surface area contributed by atoms with Crippen LogP contribution in [-0.4, -0.2) is 16.8 Å². The zero-order valence-corrected chi connectivity index (χ0v) is 12.5. The molecule has 0 saturated heterocycles. The van der Waals surface area contributed by atoms with Crippen LogP contribution >= 0.6 is 11.8 Å². The predicted octanol–water partition coefficient (Wildman–Crippen LogP) is 5.12. The minimum Gasteiger partial charge on any atom is -0.271 e. The summed E-state index contributed by atoms with van der Waals surface area (Å²) in [5.74, 6) is 0. The van der Waals surface area contributed by atoms with E-state index >= 15 is 0 Å². The van der Waals surface area contributed by atoms with Gasteiger partial charge in [-0.2, -0.15) is 0 Å². The second kappa shape index (κ2) is 5.40. The molecule has 1 heterocycles. The third-order valence-corrected chi connectivity index (χ3v) is 5.67. The van der Waals surface area contributed by atoms with Crippen molar-refractivity contribution in [1.29, 1.82) is 0 Å². The Morgan fingerprint density at radius 3 is 2.39 bits per heavy atom. The zero-order valence-electron chi connectivity index (χ0n) is 11.6. The molecule has 3 rings (SSSR count). The van der Waals surface area contributed by atoms with Gasteiger partial charge >= 0.3 is 0 Å². The quantitative estimate of drug-likeness (QED) is 0.591. The number of nitrogens with zero attached hydrogens (tertiary/aromatic N) is 1. The van der Waals surface area contributed by atoms with E-state index in [2.05, 4.69) is 6.26 Å². The molecule has 2 aliphatic carbocycles. The average molecular weight is 263 g/mol. The Bertz CT molecular complexity index is 373. The molecule has 0 radical (unpaired) electrons. The van der Waals surface area contributed by atoms with Gasteiger partial charge in [0.1, 0.15) is 0 Å². The van der Waals surface area contributed by atoms with Crippen LogP contribution in [0.5, 0.6) is 0 Å². The number of hydrogen-bond donors (Lipinski definition) is 0. The lowest BCUT2D eigenvalue weighted by molar-refractivity contribution is 0.359. The minimum atomic E-state index is 0.311. The molecule has 1 saturated carbocycles. The summed E-state index contributed by atoms with van der Waals surface area (Å²) in [5, 5.41) is 1.40. The monoisotopic (exact) mass is 263 g/mol. The maximum atomic E-state index is 5.26. The molecule has 1 aliphatic heterocycles. The molecule has 1 nitrogen and oxygen atoms in total. The Balaban J connectivity index is 1.91. The Kier molecular flexibility index (Phi) is 3.83. The van der Waals surface area contributed by atoms with Gasteiger partial charge in [0, 0.05) is 0 Å². The number of aliphatic imine (C=N–C) groups is 1. The van der Waals surface area contributed by atoms with Gasteiger partial charge in [-0.3, -0.25) is 4.99 Å². The SMILES string of the molecule is CSC1=NC2(CCCCCC2)CC2=C1CCCC2. The van der Waals surface area contributed by atoms with Crippen molar-refractivity contribution in [2.45, 2.75) is 76.2 Å².